The Hall–Kier alpha value is -2.88. The van der Waals surface area contributed by atoms with E-state index in [0.29, 0.717) is 17.8 Å². The van der Waals surface area contributed by atoms with Crippen molar-refractivity contribution in [2.75, 3.05) is 5.32 Å². The highest BCUT2D eigenvalue weighted by atomic mass is 32.5. The standard InChI is InChI=1S/C17H14F5N3OS/c18-27(19,20,21,22)14-6-4-12(5-7-14)10-24-17(26)25-16-3-1-2-13-11-23-9-8-15(13)16/h1-9,11H,10H2,(H2,24,25,26). The van der Waals surface area contributed by atoms with Gasteiger partial charge in [-0.3, -0.25) is 4.98 Å². The molecule has 2 aromatic carbocycles. The number of nitrogens with one attached hydrogen (secondary N) is 2. The molecule has 0 aliphatic rings. The molecule has 0 aliphatic carbocycles. The fraction of sp³-hybridized carbons (Fsp3) is 0.0588. The predicted octanol–water partition coefficient (Wildman–Crippen LogP) is 6.21. The van der Waals surface area contributed by atoms with Crippen molar-refractivity contribution in [1.82, 2.24) is 10.3 Å². The van der Waals surface area contributed by atoms with E-state index < -0.39 is 21.2 Å². The molecule has 0 atom stereocenters. The van der Waals surface area contributed by atoms with Gasteiger partial charge < -0.3 is 10.6 Å². The first-order valence-electron chi connectivity index (χ1n) is 7.63. The van der Waals surface area contributed by atoms with Crippen LogP contribution in [0.5, 0.6) is 0 Å². The fourth-order valence-corrected chi connectivity index (χ4v) is 3.10. The summed E-state index contributed by atoms with van der Waals surface area (Å²) >= 11 is 0. The Morgan fingerprint density at radius 2 is 1.67 bits per heavy atom. The average molecular weight is 403 g/mol. The van der Waals surface area contributed by atoms with Gasteiger partial charge in [0, 0.05) is 29.7 Å². The number of urea groups is 1. The van der Waals surface area contributed by atoms with Gasteiger partial charge in [0.2, 0.25) is 0 Å². The lowest BCUT2D eigenvalue weighted by atomic mass is 10.1. The Morgan fingerprint density at radius 1 is 0.963 bits per heavy atom. The highest BCUT2D eigenvalue weighted by Gasteiger charge is 2.65. The van der Waals surface area contributed by atoms with Crippen molar-refractivity contribution < 1.29 is 24.2 Å². The van der Waals surface area contributed by atoms with Crippen LogP contribution in [-0.4, -0.2) is 11.0 Å². The molecule has 0 fully saturated rings. The average Bonchev–Trinajstić information content (AvgIpc) is 2.59. The number of carbonyl (C=O) groups is 1. The second kappa shape index (κ2) is 5.81. The molecule has 0 radical (unpaired) electrons. The zero-order chi connectivity index (χ0) is 19.8. The number of aromatic nitrogens is 1. The SMILES string of the molecule is O=C(NCc1ccc(S(F)(F)(F)(F)F)cc1)Nc1cccc2cnccc12. The summed E-state index contributed by atoms with van der Waals surface area (Å²) in [5, 5.41) is 6.68. The van der Waals surface area contributed by atoms with Crippen LogP contribution < -0.4 is 10.6 Å². The Balaban J connectivity index is 1.66. The van der Waals surface area contributed by atoms with Gasteiger partial charge in [0.25, 0.3) is 0 Å². The smallest absolute Gasteiger partial charge is 0.319 e. The number of anilines is 1. The van der Waals surface area contributed by atoms with Crippen molar-refractivity contribution in [2.24, 2.45) is 0 Å². The molecule has 0 saturated carbocycles. The van der Waals surface area contributed by atoms with E-state index in [0.717, 1.165) is 22.9 Å². The zero-order valence-corrected chi connectivity index (χ0v) is 14.5. The van der Waals surface area contributed by atoms with Crippen LogP contribution in [0.3, 0.4) is 0 Å². The first kappa shape index (κ1) is 18.9. The number of pyridine rings is 1. The normalized spacial score (nSPS) is 14.3. The van der Waals surface area contributed by atoms with E-state index in [2.05, 4.69) is 15.6 Å². The summed E-state index contributed by atoms with van der Waals surface area (Å²) in [7, 11) is -9.69. The van der Waals surface area contributed by atoms with E-state index in [1.807, 2.05) is 6.07 Å². The molecule has 0 unspecified atom stereocenters. The molecule has 2 N–H and O–H groups in total. The molecular weight excluding hydrogens is 389 g/mol. The molecule has 1 heterocycles. The van der Waals surface area contributed by atoms with E-state index >= 15 is 0 Å². The van der Waals surface area contributed by atoms with Crippen molar-refractivity contribution in [1.29, 1.82) is 0 Å². The van der Waals surface area contributed by atoms with Gasteiger partial charge in [0.1, 0.15) is 4.90 Å². The molecule has 3 aromatic rings. The maximum absolute atomic E-state index is 12.7. The number of hydrogen-bond donors (Lipinski definition) is 2. The van der Waals surface area contributed by atoms with Crippen LogP contribution in [0.2, 0.25) is 0 Å². The van der Waals surface area contributed by atoms with Crippen LogP contribution in [0.25, 0.3) is 10.8 Å². The Morgan fingerprint density at radius 3 is 2.33 bits per heavy atom. The summed E-state index contributed by atoms with van der Waals surface area (Å²) in [6.45, 7) is -0.126. The minimum Gasteiger partial charge on any atom is -0.334 e. The molecule has 4 nitrogen and oxygen atoms in total. The second-order valence-electron chi connectivity index (χ2n) is 5.82. The van der Waals surface area contributed by atoms with Crippen molar-refractivity contribution in [3.63, 3.8) is 0 Å². The number of nitrogens with zero attached hydrogens (tertiary/aromatic N) is 1. The lowest BCUT2D eigenvalue weighted by Gasteiger charge is -2.40. The van der Waals surface area contributed by atoms with E-state index in [9.17, 15) is 24.2 Å². The number of hydrogen-bond acceptors (Lipinski definition) is 2. The highest BCUT2D eigenvalue weighted by molar-refractivity contribution is 8.45. The Kier molecular flexibility index (Phi) is 4.07. The third-order valence-electron chi connectivity index (χ3n) is 3.75. The summed E-state index contributed by atoms with van der Waals surface area (Å²) in [4.78, 5) is 14.0. The summed E-state index contributed by atoms with van der Waals surface area (Å²) in [5.74, 6) is 0. The maximum atomic E-state index is 12.7. The van der Waals surface area contributed by atoms with Crippen molar-refractivity contribution in [2.45, 2.75) is 11.4 Å². The number of halogens is 5. The number of carbonyl (C=O) groups excluding carboxylic acids is 1. The van der Waals surface area contributed by atoms with Crippen molar-refractivity contribution in [3.8, 4) is 0 Å². The minimum absolute atomic E-state index is 0.126. The molecule has 27 heavy (non-hydrogen) atoms. The first-order valence-corrected chi connectivity index (χ1v) is 9.58. The largest absolute Gasteiger partial charge is 0.334 e. The van der Waals surface area contributed by atoms with Gasteiger partial charge in [0.15, 0.2) is 0 Å². The summed E-state index contributed by atoms with van der Waals surface area (Å²) in [6, 6.07) is 8.81. The summed E-state index contributed by atoms with van der Waals surface area (Å²) in [6.07, 6.45) is 3.21. The predicted molar refractivity (Wildman–Crippen MR) is 95.4 cm³/mol. The van der Waals surface area contributed by atoms with Crippen LogP contribution in [0.4, 0.5) is 29.9 Å². The monoisotopic (exact) mass is 403 g/mol. The van der Waals surface area contributed by atoms with Crippen molar-refractivity contribution >= 4 is 32.7 Å². The number of rotatable bonds is 4. The van der Waals surface area contributed by atoms with Gasteiger partial charge >= 0.3 is 16.3 Å². The molecule has 0 saturated heterocycles. The van der Waals surface area contributed by atoms with Gasteiger partial charge in [-0.15, -0.1) is 0 Å². The molecule has 0 aliphatic heterocycles. The number of fused-ring (bicyclic) bond motifs is 1. The lowest BCUT2D eigenvalue weighted by Crippen LogP contribution is -2.28. The van der Waals surface area contributed by atoms with E-state index in [1.165, 1.54) is 0 Å². The Labute approximate surface area is 151 Å². The third kappa shape index (κ3) is 4.64. The topological polar surface area (TPSA) is 54.0 Å². The summed E-state index contributed by atoms with van der Waals surface area (Å²) in [5.41, 5.74) is 0.779. The van der Waals surface area contributed by atoms with E-state index in [-0.39, 0.29) is 12.1 Å². The van der Waals surface area contributed by atoms with Crippen LogP contribution in [0, 0.1) is 0 Å². The van der Waals surface area contributed by atoms with Crippen LogP contribution in [0.15, 0.2) is 65.8 Å². The molecule has 144 valence electrons. The fourth-order valence-electron chi connectivity index (χ4n) is 2.44. The zero-order valence-electron chi connectivity index (χ0n) is 13.6. The number of amides is 2. The summed E-state index contributed by atoms with van der Waals surface area (Å²) < 4.78 is 63.4. The molecule has 0 bridgehead atoms. The number of benzene rings is 2. The molecule has 2 amide bonds. The second-order valence-corrected chi connectivity index (χ2v) is 8.23. The van der Waals surface area contributed by atoms with Gasteiger partial charge in [-0.1, -0.05) is 43.7 Å². The molecule has 3 rings (SSSR count). The van der Waals surface area contributed by atoms with Crippen LogP contribution in [0.1, 0.15) is 5.56 Å². The highest BCUT2D eigenvalue weighted by Crippen LogP contribution is 3.02. The van der Waals surface area contributed by atoms with Gasteiger partial charge in [-0.25, -0.2) is 4.79 Å². The molecule has 0 spiro atoms. The van der Waals surface area contributed by atoms with E-state index in [4.69, 9.17) is 0 Å². The molecular formula is C17H14F5N3OS. The minimum atomic E-state index is -9.69. The van der Waals surface area contributed by atoms with Crippen molar-refractivity contribution in [3.05, 3.63) is 66.5 Å². The van der Waals surface area contributed by atoms with Gasteiger partial charge in [-0.05, 0) is 29.8 Å². The quantitative estimate of drug-likeness (QED) is 0.509. The van der Waals surface area contributed by atoms with Crippen LogP contribution >= 0.6 is 10.2 Å². The van der Waals surface area contributed by atoms with Gasteiger partial charge in [0.05, 0.1) is 5.69 Å². The Bertz CT molecular complexity index is 1000. The molecule has 1 aromatic heterocycles. The third-order valence-corrected chi connectivity index (χ3v) is 4.91. The van der Waals surface area contributed by atoms with E-state index in [1.54, 1.807) is 30.6 Å². The first-order chi connectivity index (χ1) is 12.4. The van der Waals surface area contributed by atoms with Gasteiger partial charge in [-0.2, -0.15) is 0 Å². The van der Waals surface area contributed by atoms with Crippen LogP contribution in [-0.2, 0) is 6.54 Å². The lowest BCUT2D eigenvalue weighted by molar-refractivity contribution is 0.251. The maximum Gasteiger partial charge on any atom is 0.319 e. The molecule has 10 heteroatoms.